The highest BCUT2D eigenvalue weighted by atomic mass is 19.1. The van der Waals surface area contributed by atoms with Crippen molar-refractivity contribution in [2.75, 3.05) is 5.32 Å². The lowest BCUT2D eigenvalue weighted by molar-refractivity contribution is -0.116. The number of hydrogen-bond acceptors (Lipinski definition) is 2. The van der Waals surface area contributed by atoms with Crippen LogP contribution in [0.1, 0.15) is 29.2 Å². The summed E-state index contributed by atoms with van der Waals surface area (Å²) in [6.07, 6.45) is 0.601. The van der Waals surface area contributed by atoms with Gasteiger partial charge in [0.2, 0.25) is 5.91 Å². The third kappa shape index (κ3) is 2.95. The fourth-order valence-corrected chi connectivity index (χ4v) is 2.60. The number of amides is 1. The van der Waals surface area contributed by atoms with Crippen molar-refractivity contribution in [2.45, 2.75) is 25.4 Å². The summed E-state index contributed by atoms with van der Waals surface area (Å²) in [6, 6.07) is 11.9. The summed E-state index contributed by atoms with van der Waals surface area (Å²) in [5.74, 6) is -0.288. The van der Waals surface area contributed by atoms with Crippen molar-refractivity contribution >= 4 is 11.6 Å². The molecule has 108 valence electrons. The number of aliphatic hydroxyl groups is 1. The zero-order valence-corrected chi connectivity index (χ0v) is 11.5. The monoisotopic (exact) mass is 285 g/mol. The molecule has 0 spiro atoms. The smallest absolute Gasteiger partial charge is 0.224 e. The summed E-state index contributed by atoms with van der Waals surface area (Å²) in [4.78, 5) is 11.3. The van der Waals surface area contributed by atoms with Crippen molar-refractivity contribution in [3.8, 4) is 0 Å². The predicted octanol–water partition coefficient (Wildman–Crippen LogP) is 2.99. The van der Waals surface area contributed by atoms with E-state index in [1.165, 1.54) is 6.07 Å². The summed E-state index contributed by atoms with van der Waals surface area (Å²) in [6.45, 7) is 0. The number of aryl methyl sites for hydroxylation is 1. The van der Waals surface area contributed by atoms with E-state index in [1.54, 1.807) is 30.3 Å². The number of aliphatic hydroxyl groups excluding tert-OH is 1. The lowest BCUT2D eigenvalue weighted by Crippen LogP contribution is -2.19. The van der Waals surface area contributed by atoms with Crippen LogP contribution in [0.5, 0.6) is 0 Å². The molecule has 2 aromatic carbocycles. The minimum Gasteiger partial charge on any atom is -0.388 e. The Morgan fingerprint density at radius 1 is 1.19 bits per heavy atom. The molecule has 4 heteroatoms. The van der Waals surface area contributed by atoms with Gasteiger partial charge in [0.15, 0.2) is 0 Å². The fourth-order valence-electron chi connectivity index (χ4n) is 2.60. The van der Waals surface area contributed by atoms with Gasteiger partial charge < -0.3 is 10.4 Å². The topological polar surface area (TPSA) is 49.3 Å². The van der Waals surface area contributed by atoms with Gasteiger partial charge in [-0.25, -0.2) is 4.39 Å². The molecule has 1 unspecified atom stereocenters. The quantitative estimate of drug-likeness (QED) is 0.911. The van der Waals surface area contributed by atoms with Crippen LogP contribution in [0.4, 0.5) is 10.1 Å². The van der Waals surface area contributed by atoms with Crippen molar-refractivity contribution in [2.24, 2.45) is 0 Å². The van der Waals surface area contributed by atoms with E-state index in [0.29, 0.717) is 18.4 Å². The number of benzene rings is 2. The Kier molecular flexibility index (Phi) is 3.71. The van der Waals surface area contributed by atoms with Crippen LogP contribution in [-0.4, -0.2) is 11.0 Å². The number of carbonyl (C=O) groups excluding carboxylic acids is 1. The molecule has 2 aromatic rings. The van der Waals surface area contributed by atoms with Gasteiger partial charge in [-0.3, -0.25) is 4.79 Å². The second kappa shape index (κ2) is 5.66. The second-order valence-electron chi connectivity index (χ2n) is 5.28. The molecule has 0 aliphatic carbocycles. The third-order valence-electron chi connectivity index (χ3n) is 3.78. The molecular formula is C17H16FNO2. The molecule has 0 bridgehead atoms. The Hall–Kier alpha value is -2.20. The van der Waals surface area contributed by atoms with Crippen LogP contribution in [0.25, 0.3) is 0 Å². The van der Waals surface area contributed by atoms with Crippen LogP contribution in [0.3, 0.4) is 0 Å². The number of rotatable bonds is 3. The van der Waals surface area contributed by atoms with E-state index in [-0.39, 0.29) is 18.1 Å². The van der Waals surface area contributed by atoms with Crippen LogP contribution in [-0.2, 0) is 17.6 Å². The zero-order valence-electron chi connectivity index (χ0n) is 11.5. The molecule has 21 heavy (non-hydrogen) atoms. The molecule has 0 saturated carbocycles. The summed E-state index contributed by atoms with van der Waals surface area (Å²) < 4.78 is 13.6. The van der Waals surface area contributed by atoms with Gasteiger partial charge in [-0.1, -0.05) is 30.3 Å². The van der Waals surface area contributed by atoms with Gasteiger partial charge in [0.1, 0.15) is 5.82 Å². The van der Waals surface area contributed by atoms with E-state index >= 15 is 0 Å². The SMILES string of the molecule is O=C1CCc2cc(C(O)Cc3ccccc3F)ccc2N1. The van der Waals surface area contributed by atoms with Crippen molar-refractivity contribution < 1.29 is 14.3 Å². The lowest BCUT2D eigenvalue weighted by atomic mass is 9.95. The maximum Gasteiger partial charge on any atom is 0.224 e. The van der Waals surface area contributed by atoms with Gasteiger partial charge in [0, 0.05) is 18.5 Å². The van der Waals surface area contributed by atoms with Gasteiger partial charge in [0.25, 0.3) is 0 Å². The highest BCUT2D eigenvalue weighted by Crippen LogP contribution is 2.27. The summed E-state index contributed by atoms with van der Waals surface area (Å²) in [5, 5.41) is 13.1. The van der Waals surface area contributed by atoms with Crippen LogP contribution in [0, 0.1) is 5.82 Å². The van der Waals surface area contributed by atoms with E-state index in [4.69, 9.17) is 0 Å². The van der Waals surface area contributed by atoms with E-state index in [0.717, 1.165) is 16.8 Å². The normalized spacial score (nSPS) is 15.2. The first-order valence-corrected chi connectivity index (χ1v) is 6.97. The first kappa shape index (κ1) is 13.8. The molecule has 1 aliphatic rings. The van der Waals surface area contributed by atoms with Crippen LogP contribution < -0.4 is 5.32 Å². The molecule has 0 radical (unpaired) electrons. The molecule has 1 amide bonds. The van der Waals surface area contributed by atoms with Crippen LogP contribution in [0.15, 0.2) is 42.5 Å². The summed E-state index contributed by atoms with van der Waals surface area (Å²) in [7, 11) is 0. The molecule has 1 atom stereocenters. The highest BCUT2D eigenvalue weighted by molar-refractivity contribution is 5.93. The standard InChI is InChI=1S/C17H16FNO2/c18-14-4-2-1-3-11(14)10-16(20)13-5-7-15-12(9-13)6-8-17(21)19-15/h1-5,7,9,16,20H,6,8,10H2,(H,19,21). The zero-order chi connectivity index (χ0) is 14.8. The number of carbonyl (C=O) groups is 1. The summed E-state index contributed by atoms with van der Waals surface area (Å²) >= 11 is 0. The van der Waals surface area contributed by atoms with Crippen molar-refractivity contribution in [3.05, 3.63) is 65.0 Å². The van der Waals surface area contributed by atoms with Gasteiger partial charge in [0.05, 0.1) is 6.10 Å². The molecule has 3 nitrogen and oxygen atoms in total. The first-order valence-electron chi connectivity index (χ1n) is 6.97. The minimum absolute atomic E-state index is 0.0159. The second-order valence-corrected chi connectivity index (χ2v) is 5.28. The molecular weight excluding hydrogens is 269 g/mol. The van der Waals surface area contributed by atoms with Gasteiger partial charge in [-0.05, 0) is 35.2 Å². The average Bonchev–Trinajstić information content (AvgIpc) is 2.49. The van der Waals surface area contributed by atoms with E-state index in [2.05, 4.69) is 5.32 Å². The van der Waals surface area contributed by atoms with Gasteiger partial charge in [-0.2, -0.15) is 0 Å². The number of nitrogens with one attached hydrogen (secondary N) is 1. The lowest BCUT2D eigenvalue weighted by Gasteiger charge is -2.19. The van der Waals surface area contributed by atoms with Gasteiger partial charge >= 0.3 is 0 Å². The maximum absolute atomic E-state index is 13.6. The largest absolute Gasteiger partial charge is 0.388 e. The van der Waals surface area contributed by atoms with Crippen molar-refractivity contribution in [1.29, 1.82) is 0 Å². The first-order chi connectivity index (χ1) is 10.1. The number of hydrogen-bond donors (Lipinski definition) is 2. The highest BCUT2D eigenvalue weighted by Gasteiger charge is 2.17. The molecule has 1 heterocycles. The number of anilines is 1. The fraction of sp³-hybridized carbons (Fsp3) is 0.235. The maximum atomic E-state index is 13.6. The minimum atomic E-state index is -0.759. The molecule has 2 N–H and O–H groups in total. The van der Waals surface area contributed by atoms with E-state index in [9.17, 15) is 14.3 Å². The van der Waals surface area contributed by atoms with Crippen molar-refractivity contribution in [3.63, 3.8) is 0 Å². The molecule has 1 aliphatic heterocycles. The Bertz CT molecular complexity index is 684. The third-order valence-corrected chi connectivity index (χ3v) is 3.78. The molecule has 0 fully saturated rings. The number of halogens is 1. The number of fused-ring (bicyclic) bond motifs is 1. The van der Waals surface area contributed by atoms with Gasteiger partial charge in [-0.15, -0.1) is 0 Å². The Morgan fingerprint density at radius 2 is 2.00 bits per heavy atom. The predicted molar refractivity (Wildman–Crippen MR) is 78.5 cm³/mol. The molecule has 0 saturated heterocycles. The Balaban J connectivity index is 1.81. The Labute approximate surface area is 122 Å². The average molecular weight is 285 g/mol. The Morgan fingerprint density at radius 3 is 2.81 bits per heavy atom. The van der Waals surface area contributed by atoms with E-state index < -0.39 is 6.10 Å². The molecule has 0 aromatic heterocycles. The summed E-state index contributed by atoms with van der Waals surface area (Å²) in [5.41, 5.74) is 3.05. The van der Waals surface area contributed by atoms with Crippen LogP contribution in [0.2, 0.25) is 0 Å². The van der Waals surface area contributed by atoms with Crippen LogP contribution >= 0.6 is 0 Å². The molecule has 3 rings (SSSR count). The van der Waals surface area contributed by atoms with E-state index in [1.807, 2.05) is 6.07 Å². The van der Waals surface area contributed by atoms with Crippen molar-refractivity contribution in [1.82, 2.24) is 0 Å².